The predicted molar refractivity (Wildman–Crippen MR) is 58.5 cm³/mol. The second kappa shape index (κ2) is 3.55. The Morgan fingerprint density at radius 3 is 3.00 bits per heavy atom. The third-order valence-corrected chi connectivity index (χ3v) is 4.12. The summed E-state index contributed by atoms with van der Waals surface area (Å²) in [5.74, 6) is 0. The monoisotopic (exact) mass is 286 g/mol. The fourth-order valence-electron chi connectivity index (χ4n) is 1.75. The molecule has 0 saturated heterocycles. The summed E-state index contributed by atoms with van der Waals surface area (Å²) >= 11 is 5.41. The molecule has 0 N–H and O–H groups in total. The van der Waals surface area contributed by atoms with Gasteiger partial charge < -0.3 is 0 Å². The molecule has 0 aromatic heterocycles. The quantitative estimate of drug-likeness (QED) is 0.643. The molecule has 2 heteroatoms. The van der Waals surface area contributed by atoms with Crippen molar-refractivity contribution in [3.8, 4) is 0 Å². The Labute approximate surface area is 90.4 Å². The van der Waals surface area contributed by atoms with Gasteiger partial charge >= 0.3 is 90.5 Å². The van der Waals surface area contributed by atoms with Gasteiger partial charge in [0.05, 0.1) is 0 Å². The molecular formula is C10H12AsBr. The van der Waals surface area contributed by atoms with E-state index in [1.165, 1.54) is 23.7 Å². The van der Waals surface area contributed by atoms with Crippen molar-refractivity contribution in [2.45, 2.75) is 24.0 Å². The van der Waals surface area contributed by atoms with Gasteiger partial charge in [0.2, 0.25) is 0 Å². The summed E-state index contributed by atoms with van der Waals surface area (Å²) in [6.45, 7) is 0. The Bertz CT molecular complexity index is 296. The van der Waals surface area contributed by atoms with Crippen molar-refractivity contribution in [2.75, 3.05) is 0 Å². The minimum absolute atomic E-state index is 0.936. The van der Waals surface area contributed by atoms with Gasteiger partial charge in [-0.15, -0.1) is 0 Å². The number of hydrogen-bond acceptors (Lipinski definition) is 0. The molecule has 0 fully saturated rings. The maximum absolute atomic E-state index is 3.51. The van der Waals surface area contributed by atoms with Gasteiger partial charge in [0.25, 0.3) is 0 Å². The van der Waals surface area contributed by atoms with Crippen LogP contribution in [0.1, 0.15) is 17.5 Å². The Kier molecular flexibility index (Phi) is 2.62. The third kappa shape index (κ3) is 1.77. The summed E-state index contributed by atoms with van der Waals surface area (Å²) in [5, 5.41) is 0. The van der Waals surface area contributed by atoms with Gasteiger partial charge in [-0.05, 0) is 0 Å². The van der Waals surface area contributed by atoms with E-state index in [1.54, 1.807) is 11.1 Å². The number of hydrogen-bond donors (Lipinski definition) is 0. The molecule has 2 rings (SSSR count). The first-order valence-electron chi connectivity index (χ1n) is 4.28. The molecule has 0 bridgehead atoms. The van der Waals surface area contributed by atoms with E-state index < -0.39 is 0 Å². The first kappa shape index (κ1) is 8.84. The van der Waals surface area contributed by atoms with E-state index in [1.807, 2.05) is 16.9 Å². The van der Waals surface area contributed by atoms with Crippen molar-refractivity contribution in [1.29, 1.82) is 0 Å². The van der Waals surface area contributed by atoms with E-state index in [4.69, 9.17) is 0 Å². The predicted octanol–water partition coefficient (Wildman–Crippen LogP) is 2.36. The van der Waals surface area contributed by atoms with Crippen LogP contribution in [-0.4, -0.2) is 16.9 Å². The summed E-state index contributed by atoms with van der Waals surface area (Å²) in [5.41, 5.74) is 3.12. The molecule has 0 heterocycles. The van der Waals surface area contributed by atoms with E-state index in [9.17, 15) is 0 Å². The molecule has 0 amide bonds. The summed E-state index contributed by atoms with van der Waals surface area (Å²) in [4.78, 5) is 0. The molecule has 0 radical (unpaired) electrons. The Morgan fingerprint density at radius 2 is 2.17 bits per heavy atom. The third-order valence-electron chi connectivity index (χ3n) is 2.43. The summed E-state index contributed by atoms with van der Waals surface area (Å²) in [6, 6.07) is 6.70. The van der Waals surface area contributed by atoms with Crippen LogP contribution < -0.4 is 0 Å². The van der Waals surface area contributed by atoms with E-state index in [0.717, 1.165) is 4.71 Å². The molecule has 2 unspecified atom stereocenters. The molecular weight excluding hydrogens is 275 g/mol. The zero-order valence-corrected chi connectivity index (χ0v) is 10.9. The fraction of sp³-hybridized carbons (Fsp3) is 0.400. The van der Waals surface area contributed by atoms with E-state index in [0.29, 0.717) is 0 Å². The molecule has 1 aliphatic carbocycles. The van der Waals surface area contributed by atoms with Gasteiger partial charge in [0.15, 0.2) is 0 Å². The van der Waals surface area contributed by atoms with Crippen LogP contribution >= 0.6 is 15.9 Å². The van der Waals surface area contributed by atoms with E-state index >= 15 is 0 Å². The number of halogens is 1. The molecule has 2 atom stereocenters. The molecule has 0 spiro atoms. The number of fused-ring (bicyclic) bond motifs is 1. The van der Waals surface area contributed by atoms with Crippen LogP contribution in [0.15, 0.2) is 22.7 Å². The van der Waals surface area contributed by atoms with Crippen molar-refractivity contribution in [3.05, 3.63) is 33.8 Å². The molecule has 1 aromatic rings. The first-order chi connectivity index (χ1) is 5.75. The minimum atomic E-state index is 0.936. The standard InChI is InChI=1S/C10H12AsBr/c11-9-3-1-8-6-10(12)4-2-7(8)5-9/h2,4,6,9H,1,3,5,11H2. The Morgan fingerprint density at radius 1 is 1.33 bits per heavy atom. The number of benzene rings is 1. The van der Waals surface area contributed by atoms with Crippen LogP contribution in [0.4, 0.5) is 0 Å². The summed E-state index contributed by atoms with van der Waals surface area (Å²) < 4.78 is 2.16. The average molecular weight is 287 g/mol. The zero-order valence-electron chi connectivity index (χ0n) is 6.89. The van der Waals surface area contributed by atoms with E-state index in [-0.39, 0.29) is 0 Å². The molecule has 1 aliphatic rings. The van der Waals surface area contributed by atoms with Crippen molar-refractivity contribution in [2.24, 2.45) is 0 Å². The first-order valence-corrected chi connectivity index (χ1v) is 6.48. The molecule has 12 heavy (non-hydrogen) atoms. The van der Waals surface area contributed by atoms with Crippen LogP contribution in [0.5, 0.6) is 0 Å². The van der Waals surface area contributed by atoms with Crippen molar-refractivity contribution in [3.63, 3.8) is 0 Å². The molecule has 64 valence electrons. The topological polar surface area (TPSA) is 0 Å². The summed E-state index contributed by atoms with van der Waals surface area (Å²) in [6.07, 6.45) is 3.95. The molecule has 0 aliphatic heterocycles. The van der Waals surface area contributed by atoms with Gasteiger partial charge in [-0.3, -0.25) is 0 Å². The second-order valence-electron chi connectivity index (χ2n) is 3.42. The van der Waals surface area contributed by atoms with Gasteiger partial charge in [0, 0.05) is 0 Å². The molecule has 0 saturated carbocycles. The molecule has 0 nitrogen and oxygen atoms in total. The fourth-order valence-corrected chi connectivity index (χ4v) is 3.04. The van der Waals surface area contributed by atoms with Gasteiger partial charge in [0.1, 0.15) is 0 Å². The van der Waals surface area contributed by atoms with Gasteiger partial charge in [-0.25, -0.2) is 0 Å². The van der Waals surface area contributed by atoms with Crippen LogP contribution in [0.2, 0.25) is 4.71 Å². The Hall–Kier alpha value is 0.258. The van der Waals surface area contributed by atoms with Gasteiger partial charge in [-0.1, -0.05) is 0 Å². The average Bonchev–Trinajstić information content (AvgIpc) is 2.05. The van der Waals surface area contributed by atoms with Crippen molar-refractivity contribution in [1.82, 2.24) is 0 Å². The molecule has 1 aromatic carbocycles. The van der Waals surface area contributed by atoms with Crippen LogP contribution in [0.3, 0.4) is 0 Å². The van der Waals surface area contributed by atoms with Crippen LogP contribution in [0, 0.1) is 0 Å². The number of aryl methyl sites for hydroxylation is 1. The normalized spacial score (nSPS) is 22.0. The van der Waals surface area contributed by atoms with Crippen LogP contribution in [0.25, 0.3) is 0 Å². The van der Waals surface area contributed by atoms with Crippen molar-refractivity contribution < 1.29 is 0 Å². The number of rotatable bonds is 0. The van der Waals surface area contributed by atoms with Crippen molar-refractivity contribution >= 4 is 32.8 Å². The van der Waals surface area contributed by atoms with Crippen LogP contribution in [-0.2, 0) is 12.8 Å². The van der Waals surface area contributed by atoms with E-state index in [2.05, 4.69) is 34.1 Å². The maximum atomic E-state index is 3.51. The SMILES string of the molecule is [AsH2]C1CCc2cc(Br)ccc2C1. The summed E-state index contributed by atoms with van der Waals surface area (Å²) in [7, 11) is 0. The second-order valence-corrected chi connectivity index (χ2v) is 6.31. The Balaban J connectivity index is 2.37. The zero-order chi connectivity index (χ0) is 8.55. The van der Waals surface area contributed by atoms with Gasteiger partial charge in [-0.2, -0.15) is 0 Å².